The number of benzene rings is 2. The van der Waals surface area contributed by atoms with Crippen LogP contribution in [0.1, 0.15) is 19.4 Å². The maximum Gasteiger partial charge on any atom is 0.221 e. The molecule has 0 saturated carbocycles. The minimum atomic E-state index is -0.143. The van der Waals surface area contributed by atoms with Crippen molar-refractivity contribution in [3.63, 3.8) is 0 Å². The Morgan fingerprint density at radius 2 is 1.88 bits per heavy atom. The topological polar surface area (TPSA) is 68.8 Å². The smallest absolute Gasteiger partial charge is 0.221 e. The zero-order chi connectivity index (χ0) is 19.1. The molecule has 0 fully saturated rings. The molecule has 2 aromatic rings. The molecule has 6 nitrogen and oxygen atoms in total. The van der Waals surface area contributed by atoms with Crippen LogP contribution in [-0.2, 0) is 11.3 Å². The summed E-state index contributed by atoms with van der Waals surface area (Å²) < 4.78 is 17.2. The highest BCUT2D eigenvalue weighted by Crippen LogP contribution is 2.37. The lowest BCUT2D eigenvalue weighted by Gasteiger charge is -2.15. The van der Waals surface area contributed by atoms with Crippen molar-refractivity contribution in [2.75, 3.05) is 31.5 Å². The molecule has 0 unspecified atom stereocenters. The second kappa shape index (κ2) is 9.33. The summed E-state index contributed by atoms with van der Waals surface area (Å²) in [6.45, 7) is 4.54. The zero-order valence-electron chi connectivity index (χ0n) is 15.3. The van der Waals surface area contributed by atoms with Gasteiger partial charge in [0.2, 0.25) is 5.91 Å². The SMILES string of the molecule is CCOc1cc(CNc2ccc(NC(C)=O)c(OC)c2)cc(Br)c1OC. The van der Waals surface area contributed by atoms with Crippen molar-refractivity contribution in [1.29, 1.82) is 0 Å². The Kier molecular flexibility index (Phi) is 7.15. The first kappa shape index (κ1) is 19.9. The van der Waals surface area contributed by atoms with Gasteiger partial charge < -0.3 is 24.8 Å². The number of carbonyl (C=O) groups is 1. The first-order valence-corrected chi connectivity index (χ1v) is 8.96. The summed E-state index contributed by atoms with van der Waals surface area (Å²) in [5.41, 5.74) is 2.54. The molecule has 140 valence electrons. The monoisotopic (exact) mass is 422 g/mol. The van der Waals surface area contributed by atoms with E-state index in [0.717, 1.165) is 15.7 Å². The number of anilines is 2. The molecule has 0 aromatic heterocycles. The van der Waals surface area contributed by atoms with Crippen LogP contribution in [0.4, 0.5) is 11.4 Å². The van der Waals surface area contributed by atoms with Crippen molar-refractivity contribution in [2.24, 2.45) is 0 Å². The fourth-order valence-corrected chi connectivity index (χ4v) is 3.13. The zero-order valence-corrected chi connectivity index (χ0v) is 16.9. The highest BCUT2D eigenvalue weighted by Gasteiger charge is 2.11. The van der Waals surface area contributed by atoms with Crippen LogP contribution in [0.5, 0.6) is 17.2 Å². The van der Waals surface area contributed by atoms with Crippen LogP contribution in [0.15, 0.2) is 34.8 Å². The van der Waals surface area contributed by atoms with E-state index in [1.807, 2.05) is 31.2 Å². The van der Waals surface area contributed by atoms with E-state index >= 15 is 0 Å². The fraction of sp³-hybridized carbons (Fsp3) is 0.316. The van der Waals surface area contributed by atoms with Crippen LogP contribution in [0.3, 0.4) is 0 Å². The lowest BCUT2D eigenvalue weighted by Crippen LogP contribution is -2.08. The molecule has 2 aromatic carbocycles. The second-order valence-electron chi connectivity index (χ2n) is 5.49. The highest BCUT2D eigenvalue weighted by atomic mass is 79.9. The first-order chi connectivity index (χ1) is 12.5. The van der Waals surface area contributed by atoms with Gasteiger partial charge in [-0.3, -0.25) is 4.79 Å². The number of hydrogen-bond donors (Lipinski definition) is 2. The Bertz CT molecular complexity index is 780. The quantitative estimate of drug-likeness (QED) is 0.657. The van der Waals surface area contributed by atoms with Gasteiger partial charge in [-0.2, -0.15) is 0 Å². The van der Waals surface area contributed by atoms with Gasteiger partial charge in [0.25, 0.3) is 0 Å². The van der Waals surface area contributed by atoms with Crippen molar-refractivity contribution >= 4 is 33.2 Å². The molecule has 0 aliphatic rings. The Balaban J connectivity index is 2.16. The number of rotatable bonds is 8. The summed E-state index contributed by atoms with van der Waals surface area (Å²) in [6, 6.07) is 9.46. The van der Waals surface area contributed by atoms with Crippen molar-refractivity contribution < 1.29 is 19.0 Å². The summed E-state index contributed by atoms with van der Waals surface area (Å²) in [7, 11) is 3.18. The predicted molar refractivity (Wildman–Crippen MR) is 106 cm³/mol. The standard InChI is InChI=1S/C19H23BrN2O4/c1-5-26-18-9-13(8-15(20)19(18)25-4)11-21-14-6-7-16(22-12(2)23)17(10-14)24-3/h6-10,21H,5,11H2,1-4H3,(H,22,23). The first-order valence-electron chi connectivity index (χ1n) is 8.17. The summed E-state index contributed by atoms with van der Waals surface area (Å²) in [5.74, 6) is 1.82. The van der Waals surface area contributed by atoms with Gasteiger partial charge in [-0.25, -0.2) is 0 Å². The van der Waals surface area contributed by atoms with E-state index in [-0.39, 0.29) is 5.91 Å². The average molecular weight is 423 g/mol. The van der Waals surface area contributed by atoms with Crippen molar-refractivity contribution in [3.8, 4) is 17.2 Å². The van der Waals surface area contributed by atoms with Gasteiger partial charge in [-0.05, 0) is 52.7 Å². The normalized spacial score (nSPS) is 10.2. The molecule has 2 rings (SSSR count). The number of carbonyl (C=O) groups excluding carboxylic acids is 1. The van der Waals surface area contributed by atoms with Gasteiger partial charge in [0.1, 0.15) is 5.75 Å². The van der Waals surface area contributed by atoms with E-state index in [1.165, 1.54) is 6.92 Å². The lowest BCUT2D eigenvalue weighted by atomic mass is 10.2. The number of halogens is 1. The van der Waals surface area contributed by atoms with Crippen LogP contribution >= 0.6 is 15.9 Å². The van der Waals surface area contributed by atoms with Crippen molar-refractivity contribution in [3.05, 3.63) is 40.4 Å². The van der Waals surface area contributed by atoms with Gasteiger partial charge in [0.15, 0.2) is 11.5 Å². The largest absolute Gasteiger partial charge is 0.494 e. The Hall–Kier alpha value is -2.41. The molecule has 0 bridgehead atoms. The molecule has 2 N–H and O–H groups in total. The lowest BCUT2D eigenvalue weighted by molar-refractivity contribution is -0.114. The summed E-state index contributed by atoms with van der Waals surface area (Å²) in [5, 5.41) is 6.08. The number of amides is 1. The maximum atomic E-state index is 11.2. The number of ether oxygens (including phenoxy) is 3. The Labute approximate surface area is 162 Å². The molecule has 26 heavy (non-hydrogen) atoms. The van der Waals surface area contributed by atoms with E-state index in [0.29, 0.717) is 36.1 Å². The van der Waals surface area contributed by atoms with Gasteiger partial charge >= 0.3 is 0 Å². The van der Waals surface area contributed by atoms with Gasteiger partial charge in [0, 0.05) is 25.2 Å². The molecule has 0 saturated heterocycles. The van der Waals surface area contributed by atoms with Crippen LogP contribution < -0.4 is 24.8 Å². The summed E-state index contributed by atoms with van der Waals surface area (Å²) in [6.07, 6.45) is 0. The van der Waals surface area contributed by atoms with Crippen LogP contribution in [0.25, 0.3) is 0 Å². The van der Waals surface area contributed by atoms with E-state index in [9.17, 15) is 4.79 Å². The van der Waals surface area contributed by atoms with Crippen molar-refractivity contribution in [2.45, 2.75) is 20.4 Å². The third-order valence-electron chi connectivity index (χ3n) is 3.58. The van der Waals surface area contributed by atoms with Crippen LogP contribution in [0, 0.1) is 0 Å². The van der Waals surface area contributed by atoms with E-state index < -0.39 is 0 Å². The highest BCUT2D eigenvalue weighted by molar-refractivity contribution is 9.10. The average Bonchev–Trinajstić information content (AvgIpc) is 2.60. The van der Waals surface area contributed by atoms with E-state index in [1.54, 1.807) is 20.3 Å². The van der Waals surface area contributed by atoms with Crippen LogP contribution in [0.2, 0.25) is 0 Å². The van der Waals surface area contributed by atoms with Gasteiger partial charge in [-0.15, -0.1) is 0 Å². The predicted octanol–water partition coefficient (Wildman–Crippen LogP) is 4.44. The Morgan fingerprint density at radius 3 is 2.50 bits per heavy atom. The number of methoxy groups -OCH3 is 2. The molecule has 0 aliphatic carbocycles. The summed E-state index contributed by atoms with van der Waals surface area (Å²) in [4.78, 5) is 11.2. The minimum Gasteiger partial charge on any atom is -0.494 e. The van der Waals surface area contributed by atoms with E-state index in [4.69, 9.17) is 14.2 Å². The molecule has 0 aliphatic heterocycles. The van der Waals surface area contributed by atoms with Crippen molar-refractivity contribution in [1.82, 2.24) is 0 Å². The molecule has 7 heteroatoms. The van der Waals surface area contributed by atoms with E-state index in [2.05, 4.69) is 26.6 Å². The third kappa shape index (κ3) is 5.05. The molecule has 0 heterocycles. The Morgan fingerprint density at radius 1 is 1.12 bits per heavy atom. The van der Waals surface area contributed by atoms with Crippen LogP contribution in [-0.4, -0.2) is 26.7 Å². The third-order valence-corrected chi connectivity index (χ3v) is 4.17. The molecular formula is C19H23BrN2O4. The maximum absolute atomic E-state index is 11.2. The van der Waals surface area contributed by atoms with Gasteiger partial charge in [0.05, 0.1) is 31.0 Å². The number of nitrogens with one attached hydrogen (secondary N) is 2. The molecule has 0 radical (unpaired) electrons. The molecule has 0 spiro atoms. The molecule has 0 atom stereocenters. The molecular weight excluding hydrogens is 400 g/mol. The molecule has 1 amide bonds. The second-order valence-corrected chi connectivity index (χ2v) is 6.35. The fourth-order valence-electron chi connectivity index (χ4n) is 2.48. The van der Waals surface area contributed by atoms with Gasteiger partial charge in [-0.1, -0.05) is 0 Å². The number of hydrogen-bond acceptors (Lipinski definition) is 5. The summed E-state index contributed by atoms with van der Waals surface area (Å²) >= 11 is 3.52. The minimum absolute atomic E-state index is 0.143.